The standard InChI is InChI=1S/C14H15N/c1-3-5-6-7-8-9-13-10-11-14(4-2)15-12-13/h3-8,10-12H,1-2,9H2/b6-5-,8-7-. The van der Waals surface area contributed by atoms with Crippen LogP contribution in [0.4, 0.5) is 0 Å². The molecule has 0 fully saturated rings. The van der Waals surface area contributed by atoms with Gasteiger partial charge in [-0.15, -0.1) is 0 Å². The molecular weight excluding hydrogens is 182 g/mol. The van der Waals surface area contributed by atoms with Crippen LogP contribution in [0.2, 0.25) is 0 Å². The molecule has 0 atom stereocenters. The first-order chi connectivity index (χ1) is 7.36. The van der Waals surface area contributed by atoms with Crippen LogP contribution in [-0.4, -0.2) is 4.98 Å². The summed E-state index contributed by atoms with van der Waals surface area (Å²) in [4.78, 5) is 4.23. The van der Waals surface area contributed by atoms with Gasteiger partial charge in [-0.25, -0.2) is 0 Å². The molecule has 0 aliphatic heterocycles. The minimum absolute atomic E-state index is 0.895. The maximum Gasteiger partial charge on any atom is 0.0623 e. The van der Waals surface area contributed by atoms with Gasteiger partial charge in [-0.1, -0.05) is 49.6 Å². The Morgan fingerprint density at radius 3 is 2.60 bits per heavy atom. The van der Waals surface area contributed by atoms with Gasteiger partial charge in [0.15, 0.2) is 0 Å². The normalized spacial score (nSPS) is 10.9. The summed E-state index contributed by atoms with van der Waals surface area (Å²) in [5, 5.41) is 0. The van der Waals surface area contributed by atoms with Crippen molar-refractivity contribution in [2.75, 3.05) is 0 Å². The van der Waals surface area contributed by atoms with E-state index < -0.39 is 0 Å². The second kappa shape index (κ2) is 6.55. The van der Waals surface area contributed by atoms with E-state index in [0.717, 1.165) is 12.1 Å². The van der Waals surface area contributed by atoms with Crippen molar-refractivity contribution in [2.45, 2.75) is 6.42 Å². The summed E-state index contributed by atoms with van der Waals surface area (Å²) in [6, 6.07) is 4.03. The van der Waals surface area contributed by atoms with E-state index in [2.05, 4.69) is 30.3 Å². The third-order valence-corrected chi connectivity index (χ3v) is 1.90. The molecule has 1 rings (SSSR count). The molecule has 0 aliphatic carbocycles. The Morgan fingerprint density at radius 2 is 2.00 bits per heavy atom. The molecule has 1 aromatic heterocycles. The van der Waals surface area contributed by atoms with E-state index in [-0.39, 0.29) is 0 Å². The fraction of sp³-hybridized carbons (Fsp3) is 0.0714. The monoisotopic (exact) mass is 197 g/mol. The van der Waals surface area contributed by atoms with Crippen LogP contribution in [0.1, 0.15) is 11.3 Å². The van der Waals surface area contributed by atoms with Crippen LogP contribution in [0.3, 0.4) is 0 Å². The lowest BCUT2D eigenvalue weighted by Gasteiger charge is -1.96. The number of pyridine rings is 1. The summed E-state index contributed by atoms with van der Waals surface area (Å²) in [5.41, 5.74) is 2.11. The summed E-state index contributed by atoms with van der Waals surface area (Å²) in [5.74, 6) is 0. The first-order valence-corrected chi connectivity index (χ1v) is 4.88. The molecule has 0 unspecified atom stereocenters. The Labute approximate surface area is 91.2 Å². The molecule has 0 spiro atoms. The number of rotatable bonds is 5. The maximum atomic E-state index is 4.23. The topological polar surface area (TPSA) is 12.9 Å². The fourth-order valence-corrected chi connectivity index (χ4v) is 1.10. The molecule has 1 nitrogen and oxygen atoms in total. The van der Waals surface area contributed by atoms with E-state index >= 15 is 0 Å². The van der Waals surface area contributed by atoms with Crippen molar-refractivity contribution >= 4 is 6.08 Å². The molecule has 1 aromatic rings. The van der Waals surface area contributed by atoms with Gasteiger partial charge in [0.05, 0.1) is 5.69 Å². The van der Waals surface area contributed by atoms with Gasteiger partial charge in [-0.3, -0.25) is 4.98 Å². The largest absolute Gasteiger partial charge is 0.257 e. The van der Waals surface area contributed by atoms with Crippen LogP contribution in [0.15, 0.2) is 61.9 Å². The van der Waals surface area contributed by atoms with E-state index in [1.165, 1.54) is 5.56 Å². The van der Waals surface area contributed by atoms with E-state index in [1.807, 2.05) is 30.5 Å². The first kappa shape index (κ1) is 11.2. The van der Waals surface area contributed by atoms with Crippen LogP contribution < -0.4 is 0 Å². The van der Waals surface area contributed by atoms with Crippen LogP contribution in [0, 0.1) is 0 Å². The molecule has 1 heteroatoms. The van der Waals surface area contributed by atoms with Gasteiger partial charge in [0.1, 0.15) is 0 Å². The SMILES string of the molecule is C=C/C=C\C=C/Cc1ccc(C=C)nc1. The number of hydrogen-bond donors (Lipinski definition) is 0. The predicted molar refractivity (Wildman–Crippen MR) is 66.5 cm³/mol. The molecule has 0 aromatic carbocycles. The maximum absolute atomic E-state index is 4.23. The Bertz CT molecular complexity index is 369. The zero-order chi connectivity index (χ0) is 10.9. The Hall–Kier alpha value is -1.89. The smallest absolute Gasteiger partial charge is 0.0623 e. The van der Waals surface area contributed by atoms with Crippen molar-refractivity contribution in [3.05, 3.63) is 73.1 Å². The minimum Gasteiger partial charge on any atom is -0.257 e. The van der Waals surface area contributed by atoms with Gasteiger partial charge < -0.3 is 0 Å². The predicted octanol–water partition coefficient (Wildman–Crippen LogP) is 3.57. The van der Waals surface area contributed by atoms with E-state index in [4.69, 9.17) is 0 Å². The van der Waals surface area contributed by atoms with E-state index in [9.17, 15) is 0 Å². The summed E-state index contributed by atoms with van der Waals surface area (Å²) < 4.78 is 0. The van der Waals surface area contributed by atoms with Gasteiger partial charge in [0, 0.05) is 6.20 Å². The molecule has 15 heavy (non-hydrogen) atoms. The highest BCUT2D eigenvalue weighted by molar-refractivity contribution is 5.41. The number of allylic oxidation sites excluding steroid dienone is 5. The molecule has 1 heterocycles. The van der Waals surface area contributed by atoms with Crippen molar-refractivity contribution < 1.29 is 0 Å². The number of hydrogen-bond acceptors (Lipinski definition) is 1. The molecule has 76 valence electrons. The van der Waals surface area contributed by atoms with Crippen molar-refractivity contribution in [3.8, 4) is 0 Å². The molecule has 0 radical (unpaired) electrons. The van der Waals surface area contributed by atoms with E-state index in [1.54, 1.807) is 12.2 Å². The minimum atomic E-state index is 0.895. The summed E-state index contributed by atoms with van der Waals surface area (Å²) in [6.07, 6.45) is 14.2. The van der Waals surface area contributed by atoms with Crippen LogP contribution in [0.25, 0.3) is 6.08 Å². The van der Waals surface area contributed by atoms with Gasteiger partial charge in [0.2, 0.25) is 0 Å². The van der Waals surface area contributed by atoms with Gasteiger partial charge in [-0.2, -0.15) is 0 Å². The quantitative estimate of drug-likeness (QED) is 0.658. The van der Waals surface area contributed by atoms with Crippen molar-refractivity contribution in [1.29, 1.82) is 0 Å². The highest BCUT2D eigenvalue weighted by Crippen LogP contribution is 2.02. The summed E-state index contributed by atoms with van der Waals surface area (Å²) in [7, 11) is 0. The van der Waals surface area contributed by atoms with Crippen molar-refractivity contribution in [1.82, 2.24) is 4.98 Å². The molecule has 0 aliphatic rings. The third kappa shape index (κ3) is 4.23. The second-order valence-electron chi connectivity index (χ2n) is 3.05. The summed E-state index contributed by atoms with van der Waals surface area (Å²) >= 11 is 0. The average Bonchev–Trinajstić information content (AvgIpc) is 2.30. The molecule has 0 N–H and O–H groups in total. The van der Waals surface area contributed by atoms with Gasteiger partial charge >= 0.3 is 0 Å². The number of aromatic nitrogens is 1. The molecular formula is C14H15N. The lowest BCUT2D eigenvalue weighted by atomic mass is 10.2. The van der Waals surface area contributed by atoms with Crippen molar-refractivity contribution in [3.63, 3.8) is 0 Å². The van der Waals surface area contributed by atoms with Crippen molar-refractivity contribution in [2.24, 2.45) is 0 Å². The molecule has 0 bridgehead atoms. The Kier molecular flexibility index (Phi) is 4.88. The molecule has 0 saturated heterocycles. The van der Waals surface area contributed by atoms with Gasteiger partial charge in [0.25, 0.3) is 0 Å². The third-order valence-electron chi connectivity index (χ3n) is 1.90. The van der Waals surface area contributed by atoms with Crippen LogP contribution in [0.5, 0.6) is 0 Å². The zero-order valence-electron chi connectivity index (χ0n) is 8.76. The summed E-state index contributed by atoms with van der Waals surface area (Å²) in [6.45, 7) is 7.26. The van der Waals surface area contributed by atoms with Crippen LogP contribution >= 0.6 is 0 Å². The Morgan fingerprint density at radius 1 is 1.13 bits per heavy atom. The highest BCUT2D eigenvalue weighted by Gasteiger charge is 1.89. The van der Waals surface area contributed by atoms with Crippen LogP contribution in [-0.2, 0) is 6.42 Å². The molecule has 0 amide bonds. The lowest BCUT2D eigenvalue weighted by Crippen LogP contribution is -1.84. The number of nitrogens with zero attached hydrogens (tertiary/aromatic N) is 1. The zero-order valence-corrected chi connectivity index (χ0v) is 8.76. The Balaban J connectivity index is 2.50. The fourth-order valence-electron chi connectivity index (χ4n) is 1.10. The average molecular weight is 197 g/mol. The molecule has 0 saturated carbocycles. The second-order valence-corrected chi connectivity index (χ2v) is 3.05. The van der Waals surface area contributed by atoms with Gasteiger partial charge in [-0.05, 0) is 24.1 Å². The van der Waals surface area contributed by atoms with E-state index in [0.29, 0.717) is 0 Å². The first-order valence-electron chi connectivity index (χ1n) is 4.88. The lowest BCUT2D eigenvalue weighted by molar-refractivity contribution is 1.18. The highest BCUT2D eigenvalue weighted by atomic mass is 14.7.